The first-order valence-electron chi connectivity index (χ1n) is 14.3. The van der Waals surface area contributed by atoms with Crippen molar-refractivity contribution in [2.75, 3.05) is 50.7 Å². The number of carbonyl (C=O) groups excluding carboxylic acids is 2. The molecule has 5 rings (SSSR count). The topological polar surface area (TPSA) is 68.8 Å². The van der Waals surface area contributed by atoms with E-state index in [1.807, 2.05) is 29.2 Å². The maximum atomic E-state index is 13.0. The number of nitrogens with one attached hydrogen (secondary N) is 1. The van der Waals surface area contributed by atoms with Crippen molar-refractivity contribution in [1.82, 2.24) is 20.1 Å². The minimum absolute atomic E-state index is 0.0772. The van der Waals surface area contributed by atoms with Gasteiger partial charge >= 0.3 is 0 Å². The van der Waals surface area contributed by atoms with Gasteiger partial charge in [-0.05, 0) is 72.5 Å². The van der Waals surface area contributed by atoms with Gasteiger partial charge in [0.1, 0.15) is 11.5 Å². The van der Waals surface area contributed by atoms with E-state index in [0.29, 0.717) is 36.0 Å². The van der Waals surface area contributed by atoms with Crippen LogP contribution in [0.4, 0.5) is 5.82 Å². The number of hydrogen-bond acceptors (Lipinski definition) is 5. The van der Waals surface area contributed by atoms with Crippen LogP contribution in [0.15, 0.2) is 42.5 Å². The minimum atomic E-state index is -0.108. The highest BCUT2D eigenvalue weighted by atomic mass is 16.2. The van der Waals surface area contributed by atoms with Crippen molar-refractivity contribution < 1.29 is 9.59 Å². The van der Waals surface area contributed by atoms with Gasteiger partial charge in [-0.25, -0.2) is 4.98 Å². The van der Waals surface area contributed by atoms with Gasteiger partial charge in [-0.2, -0.15) is 0 Å². The summed E-state index contributed by atoms with van der Waals surface area (Å²) in [6.45, 7) is 17.2. The number of benzene rings is 1. The largest absolute Gasteiger partial charge is 0.355 e. The van der Waals surface area contributed by atoms with Crippen LogP contribution in [0.25, 0.3) is 0 Å². The molecule has 2 amide bonds. The zero-order valence-electron chi connectivity index (χ0n) is 23.6. The Morgan fingerprint density at radius 2 is 1.68 bits per heavy atom. The molecule has 2 aliphatic heterocycles. The van der Waals surface area contributed by atoms with Crippen molar-refractivity contribution in [2.24, 2.45) is 17.8 Å². The number of likely N-dealkylation sites (N-methyl/N-ethyl adjacent to an activating group) is 1. The molecule has 7 heteroatoms. The first-order chi connectivity index (χ1) is 18.2. The molecule has 0 bridgehead atoms. The van der Waals surface area contributed by atoms with E-state index in [1.54, 1.807) is 6.07 Å². The number of carbonyl (C=O) groups is 2. The van der Waals surface area contributed by atoms with E-state index in [0.717, 1.165) is 57.1 Å². The van der Waals surface area contributed by atoms with Crippen LogP contribution in [-0.4, -0.2) is 78.5 Å². The molecule has 3 fully saturated rings. The number of fused-ring (bicyclic) bond motifs is 1. The second-order valence-corrected chi connectivity index (χ2v) is 12.2. The molecule has 3 atom stereocenters. The summed E-state index contributed by atoms with van der Waals surface area (Å²) >= 11 is 0. The van der Waals surface area contributed by atoms with Crippen molar-refractivity contribution >= 4 is 17.6 Å². The third-order valence-corrected chi connectivity index (χ3v) is 8.94. The van der Waals surface area contributed by atoms with E-state index in [2.05, 4.69) is 61.9 Å². The smallest absolute Gasteiger partial charge is 0.269 e. The van der Waals surface area contributed by atoms with Gasteiger partial charge < -0.3 is 15.1 Å². The normalized spacial score (nSPS) is 24.6. The van der Waals surface area contributed by atoms with Gasteiger partial charge in [0.2, 0.25) is 0 Å². The van der Waals surface area contributed by atoms with Gasteiger partial charge in [-0.1, -0.05) is 52.8 Å². The summed E-state index contributed by atoms with van der Waals surface area (Å²) in [5.74, 6) is 2.31. The quantitative estimate of drug-likeness (QED) is 0.572. The molecule has 38 heavy (non-hydrogen) atoms. The number of piperidine rings is 1. The number of likely N-dealkylation sites (tertiary alicyclic amines) is 1. The van der Waals surface area contributed by atoms with Gasteiger partial charge in [-0.15, -0.1) is 0 Å². The van der Waals surface area contributed by atoms with Gasteiger partial charge in [-0.3, -0.25) is 14.5 Å². The Kier molecular flexibility index (Phi) is 7.49. The Labute approximate surface area is 227 Å². The molecule has 3 heterocycles. The van der Waals surface area contributed by atoms with E-state index in [9.17, 15) is 9.59 Å². The van der Waals surface area contributed by atoms with Crippen LogP contribution in [0.5, 0.6) is 0 Å². The lowest BCUT2D eigenvalue weighted by Gasteiger charge is -2.26. The molecule has 0 spiro atoms. The van der Waals surface area contributed by atoms with Crippen LogP contribution < -0.4 is 10.2 Å². The summed E-state index contributed by atoms with van der Waals surface area (Å²) in [4.78, 5) is 37.4. The molecule has 204 valence electrons. The molecule has 1 aromatic carbocycles. The van der Waals surface area contributed by atoms with Crippen LogP contribution in [0.2, 0.25) is 0 Å². The lowest BCUT2D eigenvalue weighted by Crippen LogP contribution is -2.37. The third kappa shape index (κ3) is 5.44. The molecule has 0 radical (unpaired) electrons. The van der Waals surface area contributed by atoms with E-state index in [4.69, 9.17) is 4.98 Å². The summed E-state index contributed by atoms with van der Waals surface area (Å²) in [6.07, 6.45) is 1.13. The molecule has 1 aliphatic carbocycles. The molecule has 1 N–H and O–H groups in total. The number of pyridine rings is 1. The second-order valence-electron chi connectivity index (χ2n) is 12.2. The Balaban J connectivity index is 1.10. The van der Waals surface area contributed by atoms with Crippen LogP contribution >= 0.6 is 0 Å². The van der Waals surface area contributed by atoms with E-state index >= 15 is 0 Å². The summed E-state index contributed by atoms with van der Waals surface area (Å²) in [6, 6.07) is 14.3. The Morgan fingerprint density at radius 3 is 2.32 bits per heavy atom. The SMILES string of the molecule is CCN(CC)C1CCN(c2cccc(C(=O)NCC3C4CN(C(=O)c5ccc(C(C)(C)C)cc5)CC34)n2)C1. The minimum Gasteiger partial charge on any atom is -0.355 e. The summed E-state index contributed by atoms with van der Waals surface area (Å²) < 4.78 is 0. The first-order valence-corrected chi connectivity index (χ1v) is 14.3. The highest BCUT2D eigenvalue weighted by Crippen LogP contribution is 2.51. The molecular formula is C31H43N5O2. The molecular weight excluding hydrogens is 474 g/mol. The van der Waals surface area contributed by atoms with Crippen LogP contribution in [0.3, 0.4) is 0 Å². The maximum Gasteiger partial charge on any atom is 0.269 e. The molecule has 2 aromatic rings. The summed E-state index contributed by atoms with van der Waals surface area (Å²) in [5, 5.41) is 3.12. The molecule has 3 unspecified atom stereocenters. The summed E-state index contributed by atoms with van der Waals surface area (Å²) in [7, 11) is 0. The van der Waals surface area contributed by atoms with Gasteiger partial charge in [0.05, 0.1) is 0 Å². The zero-order chi connectivity index (χ0) is 27.0. The average Bonchev–Trinajstić information content (AvgIpc) is 3.25. The van der Waals surface area contributed by atoms with Crippen molar-refractivity contribution in [2.45, 2.75) is 52.5 Å². The Bertz CT molecular complexity index is 1140. The second kappa shape index (κ2) is 10.7. The fraction of sp³-hybridized carbons (Fsp3) is 0.581. The highest BCUT2D eigenvalue weighted by Gasteiger charge is 2.56. The Morgan fingerprint density at radius 1 is 1.00 bits per heavy atom. The predicted molar refractivity (Wildman–Crippen MR) is 152 cm³/mol. The van der Waals surface area contributed by atoms with Crippen molar-refractivity contribution in [1.29, 1.82) is 0 Å². The van der Waals surface area contributed by atoms with Gasteiger partial charge in [0.15, 0.2) is 0 Å². The lowest BCUT2D eigenvalue weighted by atomic mass is 9.86. The van der Waals surface area contributed by atoms with E-state index in [-0.39, 0.29) is 17.2 Å². The highest BCUT2D eigenvalue weighted by molar-refractivity contribution is 5.94. The number of amides is 2. The van der Waals surface area contributed by atoms with Crippen LogP contribution in [0.1, 0.15) is 67.4 Å². The fourth-order valence-corrected chi connectivity index (χ4v) is 6.43. The standard InChI is InChI=1S/C31H43N5O2/c1-6-34(7-2)23-15-16-35(18-23)28-10-8-9-27(33-28)29(37)32-17-24-25-19-36(20-26(24)25)30(38)21-11-13-22(14-12-21)31(3,4)5/h8-14,23-26H,6-7,15-20H2,1-5H3,(H,32,37). The number of aromatic nitrogens is 1. The number of hydrogen-bond donors (Lipinski definition) is 1. The third-order valence-electron chi connectivity index (χ3n) is 8.94. The lowest BCUT2D eigenvalue weighted by molar-refractivity contribution is 0.0764. The number of anilines is 1. The molecule has 7 nitrogen and oxygen atoms in total. The molecule has 2 saturated heterocycles. The van der Waals surface area contributed by atoms with Crippen molar-refractivity contribution in [3.63, 3.8) is 0 Å². The van der Waals surface area contributed by atoms with Crippen LogP contribution in [-0.2, 0) is 5.41 Å². The monoisotopic (exact) mass is 517 g/mol. The maximum absolute atomic E-state index is 13.0. The molecule has 1 aromatic heterocycles. The van der Waals surface area contributed by atoms with E-state index in [1.165, 1.54) is 5.56 Å². The van der Waals surface area contributed by atoms with E-state index < -0.39 is 0 Å². The Hall–Kier alpha value is -2.93. The van der Waals surface area contributed by atoms with Crippen molar-refractivity contribution in [3.05, 3.63) is 59.3 Å². The van der Waals surface area contributed by atoms with Crippen molar-refractivity contribution in [3.8, 4) is 0 Å². The van der Waals surface area contributed by atoms with Crippen LogP contribution in [0, 0.1) is 17.8 Å². The molecule has 3 aliphatic rings. The fourth-order valence-electron chi connectivity index (χ4n) is 6.43. The zero-order valence-corrected chi connectivity index (χ0v) is 23.6. The van der Waals surface area contributed by atoms with Gasteiger partial charge in [0, 0.05) is 44.3 Å². The number of rotatable bonds is 8. The predicted octanol–water partition coefficient (Wildman–Crippen LogP) is 4.05. The van der Waals surface area contributed by atoms with Gasteiger partial charge in [0.25, 0.3) is 11.8 Å². The molecule has 1 saturated carbocycles. The average molecular weight is 518 g/mol. The number of nitrogens with zero attached hydrogens (tertiary/aromatic N) is 4. The summed E-state index contributed by atoms with van der Waals surface area (Å²) in [5.41, 5.74) is 2.55. The first kappa shape index (κ1) is 26.7.